The zero-order chi connectivity index (χ0) is 25.3. The first-order valence-electron chi connectivity index (χ1n) is 11.6. The summed E-state index contributed by atoms with van der Waals surface area (Å²) in [4.78, 5) is 10.0. The van der Waals surface area contributed by atoms with Crippen molar-refractivity contribution in [1.29, 1.82) is 0 Å². The van der Waals surface area contributed by atoms with Crippen molar-refractivity contribution in [3.05, 3.63) is 95.6 Å². The van der Waals surface area contributed by atoms with Gasteiger partial charge in [0.05, 0.1) is 16.8 Å². The van der Waals surface area contributed by atoms with E-state index in [1.54, 1.807) is 41.7 Å². The molecule has 0 fully saturated rings. The number of sulfonamides is 1. The van der Waals surface area contributed by atoms with E-state index >= 15 is 0 Å². The molecular weight excluding hydrogens is 488 g/mol. The molecule has 0 unspecified atom stereocenters. The lowest BCUT2D eigenvalue weighted by Crippen LogP contribution is -2.31. The van der Waals surface area contributed by atoms with Crippen molar-refractivity contribution >= 4 is 48.8 Å². The van der Waals surface area contributed by atoms with Gasteiger partial charge < -0.3 is 5.32 Å². The highest BCUT2D eigenvalue weighted by Gasteiger charge is 2.27. The second-order valence-corrected chi connectivity index (χ2v) is 11.2. The summed E-state index contributed by atoms with van der Waals surface area (Å²) in [5.74, 6) is 0.571. The molecule has 3 aromatic carbocycles. The molecule has 5 rings (SSSR count). The van der Waals surface area contributed by atoms with E-state index in [0.717, 1.165) is 26.9 Å². The number of nitrogens with one attached hydrogen (secondary N) is 1. The van der Waals surface area contributed by atoms with Crippen LogP contribution in [-0.4, -0.2) is 24.9 Å². The van der Waals surface area contributed by atoms with E-state index in [0.29, 0.717) is 23.7 Å². The molecule has 0 aliphatic carbocycles. The average Bonchev–Trinajstić information content (AvgIpc) is 3.30. The summed E-state index contributed by atoms with van der Waals surface area (Å²) in [6.45, 7) is 6.30. The molecule has 2 aromatic heterocycles. The van der Waals surface area contributed by atoms with Crippen molar-refractivity contribution in [3.63, 3.8) is 0 Å². The lowest BCUT2D eigenvalue weighted by atomic mass is 9.99. The number of hydrogen-bond donors (Lipinski definition) is 1. The number of thiophene rings is 1. The van der Waals surface area contributed by atoms with E-state index in [4.69, 9.17) is 0 Å². The lowest BCUT2D eigenvalue weighted by Gasteiger charge is -2.24. The summed E-state index contributed by atoms with van der Waals surface area (Å²) < 4.78 is 29.0. The zero-order valence-corrected chi connectivity index (χ0v) is 21.9. The Balaban J connectivity index is 1.61. The van der Waals surface area contributed by atoms with Crippen molar-refractivity contribution in [2.75, 3.05) is 16.2 Å². The number of para-hydroxylation sites is 2. The topological polar surface area (TPSA) is 75.2 Å². The minimum Gasteiger partial charge on any atom is -0.338 e. The van der Waals surface area contributed by atoms with Crippen LogP contribution >= 0.6 is 11.3 Å². The first-order chi connectivity index (χ1) is 17.4. The molecule has 0 radical (unpaired) electrons. The quantitative estimate of drug-likeness (QED) is 0.255. The van der Waals surface area contributed by atoms with Crippen LogP contribution in [0.5, 0.6) is 0 Å². The van der Waals surface area contributed by atoms with Gasteiger partial charge in [-0.15, -0.1) is 11.3 Å². The lowest BCUT2D eigenvalue weighted by molar-refractivity contribution is 0.592. The molecule has 6 nitrogen and oxygen atoms in total. The number of hydrogen-bond acceptors (Lipinski definition) is 6. The predicted molar refractivity (Wildman–Crippen MR) is 149 cm³/mol. The standard InChI is InChI=1S/C28H26N4O2S2/c1-4-32(21-10-6-5-7-11-21)36(33,34)25-13-9-8-12-24(25)31-27-26-23(17-35-28(26)30-18-29-27)22-15-14-19(2)16-20(22)3/h5-18H,4H2,1-3H3,(H,29,30,31). The monoisotopic (exact) mass is 514 g/mol. The molecule has 0 spiro atoms. The van der Waals surface area contributed by atoms with Gasteiger partial charge in [0.25, 0.3) is 10.0 Å². The maximum absolute atomic E-state index is 13.8. The van der Waals surface area contributed by atoms with Crippen LogP contribution in [0.25, 0.3) is 21.3 Å². The van der Waals surface area contributed by atoms with Crippen LogP contribution in [0.15, 0.2) is 89.4 Å². The maximum Gasteiger partial charge on any atom is 0.266 e. The fraction of sp³-hybridized carbons (Fsp3) is 0.143. The van der Waals surface area contributed by atoms with Crippen molar-refractivity contribution in [2.24, 2.45) is 0 Å². The van der Waals surface area contributed by atoms with E-state index in [1.807, 2.05) is 31.2 Å². The smallest absolute Gasteiger partial charge is 0.266 e. The second kappa shape index (κ2) is 9.72. The Kier molecular flexibility index (Phi) is 6.47. The van der Waals surface area contributed by atoms with Gasteiger partial charge in [-0.25, -0.2) is 18.4 Å². The van der Waals surface area contributed by atoms with Gasteiger partial charge in [-0.2, -0.15) is 0 Å². The number of benzene rings is 3. The number of aromatic nitrogens is 2. The Morgan fingerprint density at radius 1 is 0.917 bits per heavy atom. The van der Waals surface area contributed by atoms with E-state index in [1.165, 1.54) is 16.2 Å². The molecule has 0 atom stereocenters. The molecule has 8 heteroatoms. The number of fused-ring (bicyclic) bond motifs is 1. The molecule has 0 amide bonds. The van der Waals surface area contributed by atoms with Crippen LogP contribution in [0.4, 0.5) is 17.2 Å². The predicted octanol–water partition coefficient (Wildman–Crippen LogP) is 6.93. The molecule has 5 aromatic rings. The zero-order valence-electron chi connectivity index (χ0n) is 20.3. The third-order valence-corrected chi connectivity index (χ3v) is 8.93. The minimum atomic E-state index is -3.84. The third-order valence-electron chi connectivity index (χ3n) is 6.08. The van der Waals surface area contributed by atoms with Crippen LogP contribution in [0.1, 0.15) is 18.1 Å². The fourth-order valence-corrected chi connectivity index (χ4v) is 6.94. The summed E-state index contributed by atoms with van der Waals surface area (Å²) in [5.41, 5.74) is 5.57. The molecule has 0 bridgehead atoms. The number of anilines is 3. The molecule has 0 saturated heterocycles. The van der Waals surface area contributed by atoms with Crippen LogP contribution in [0.2, 0.25) is 0 Å². The van der Waals surface area contributed by atoms with Gasteiger partial charge in [0, 0.05) is 17.5 Å². The van der Waals surface area contributed by atoms with Crippen molar-refractivity contribution in [3.8, 4) is 11.1 Å². The van der Waals surface area contributed by atoms with E-state index < -0.39 is 10.0 Å². The number of rotatable bonds is 7. The summed E-state index contributed by atoms with van der Waals surface area (Å²) in [6.07, 6.45) is 1.51. The van der Waals surface area contributed by atoms with Crippen LogP contribution < -0.4 is 9.62 Å². The fourth-order valence-electron chi connectivity index (χ4n) is 4.41. The van der Waals surface area contributed by atoms with Gasteiger partial charge in [0.1, 0.15) is 21.9 Å². The van der Waals surface area contributed by atoms with E-state index in [9.17, 15) is 8.42 Å². The van der Waals surface area contributed by atoms with Crippen molar-refractivity contribution < 1.29 is 8.42 Å². The molecule has 0 aliphatic heterocycles. The molecular formula is C28H26N4O2S2. The second-order valence-electron chi connectivity index (χ2n) is 8.50. The first-order valence-corrected chi connectivity index (χ1v) is 14.0. The Bertz CT molecular complexity index is 1650. The molecule has 0 aliphatic rings. The van der Waals surface area contributed by atoms with Gasteiger partial charge in [-0.3, -0.25) is 4.31 Å². The summed E-state index contributed by atoms with van der Waals surface area (Å²) in [7, 11) is -3.84. The largest absolute Gasteiger partial charge is 0.338 e. The van der Waals surface area contributed by atoms with Gasteiger partial charge in [-0.1, -0.05) is 54.1 Å². The molecule has 0 saturated carbocycles. The molecule has 182 valence electrons. The van der Waals surface area contributed by atoms with Crippen molar-refractivity contribution in [2.45, 2.75) is 25.7 Å². The maximum atomic E-state index is 13.8. The summed E-state index contributed by atoms with van der Waals surface area (Å²) in [5, 5.41) is 6.28. The van der Waals surface area contributed by atoms with Crippen LogP contribution in [0, 0.1) is 13.8 Å². The van der Waals surface area contributed by atoms with Gasteiger partial charge in [-0.05, 0) is 56.2 Å². The Morgan fingerprint density at radius 2 is 1.67 bits per heavy atom. The van der Waals surface area contributed by atoms with Crippen LogP contribution in [-0.2, 0) is 10.0 Å². The molecule has 2 heterocycles. The average molecular weight is 515 g/mol. The van der Waals surface area contributed by atoms with E-state index in [2.05, 4.69) is 52.7 Å². The van der Waals surface area contributed by atoms with E-state index in [-0.39, 0.29) is 4.90 Å². The Labute approximate surface area is 215 Å². The SMILES string of the molecule is CCN(c1ccccc1)S(=O)(=O)c1ccccc1Nc1ncnc2scc(-c3ccc(C)cc3C)c12. The highest BCUT2D eigenvalue weighted by atomic mass is 32.2. The van der Waals surface area contributed by atoms with Gasteiger partial charge >= 0.3 is 0 Å². The minimum absolute atomic E-state index is 0.186. The number of aryl methyl sites for hydroxylation is 2. The molecule has 36 heavy (non-hydrogen) atoms. The normalized spacial score (nSPS) is 11.5. The first kappa shape index (κ1) is 24.0. The highest BCUT2D eigenvalue weighted by molar-refractivity contribution is 7.93. The number of nitrogens with zero attached hydrogens (tertiary/aromatic N) is 3. The summed E-state index contributed by atoms with van der Waals surface area (Å²) in [6, 6.07) is 22.4. The van der Waals surface area contributed by atoms with Crippen LogP contribution in [0.3, 0.4) is 0 Å². The Hall–Kier alpha value is -3.75. The highest BCUT2D eigenvalue weighted by Crippen LogP contribution is 2.40. The van der Waals surface area contributed by atoms with Gasteiger partial charge in [0.15, 0.2) is 0 Å². The Morgan fingerprint density at radius 3 is 2.42 bits per heavy atom. The molecule has 1 N–H and O–H groups in total. The van der Waals surface area contributed by atoms with Crippen molar-refractivity contribution in [1.82, 2.24) is 9.97 Å². The third kappa shape index (κ3) is 4.34. The summed E-state index contributed by atoms with van der Waals surface area (Å²) >= 11 is 1.54. The van der Waals surface area contributed by atoms with Gasteiger partial charge in [0.2, 0.25) is 0 Å².